The highest BCUT2D eigenvalue weighted by Gasteiger charge is 2.28. The molecule has 0 fully saturated rings. The van der Waals surface area contributed by atoms with Crippen molar-refractivity contribution in [2.75, 3.05) is 17.2 Å². The minimum atomic E-state index is -3.65. The fourth-order valence-electron chi connectivity index (χ4n) is 3.06. The van der Waals surface area contributed by atoms with Crippen LogP contribution in [0.4, 0.5) is 9.39 Å². The SMILES string of the molecule is CCS(=O)(=O)N(Cc1ccc(F)c(OC)c1)c1sc2ccccc2c1C(C)O. The number of thiophene rings is 1. The zero-order chi connectivity index (χ0) is 20.5. The summed E-state index contributed by atoms with van der Waals surface area (Å²) in [4.78, 5) is 0. The van der Waals surface area contributed by atoms with Gasteiger partial charge in [0.1, 0.15) is 5.00 Å². The first-order chi connectivity index (χ1) is 13.3. The van der Waals surface area contributed by atoms with Crippen LogP contribution in [0.1, 0.15) is 31.1 Å². The molecular weight excluding hydrogens is 401 g/mol. The van der Waals surface area contributed by atoms with Gasteiger partial charge >= 0.3 is 0 Å². The van der Waals surface area contributed by atoms with Gasteiger partial charge in [-0.05, 0) is 37.6 Å². The molecule has 0 radical (unpaired) electrons. The van der Waals surface area contributed by atoms with Crippen LogP contribution >= 0.6 is 11.3 Å². The van der Waals surface area contributed by atoms with Crippen LogP contribution in [0.5, 0.6) is 5.75 Å². The lowest BCUT2D eigenvalue weighted by Gasteiger charge is -2.25. The molecule has 0 amide bonds. The normalized spacial score (nSPS) is 12.9. The number of anilines is 1. The van der Waals surface area contributed by atoms with Gasteiger partial charge in [0.15, 0.2) is 11.6 Å². The fraction of sp³-hybridized carbons (Fsp3) is 0.300. The molecule has 5 nitrogen and oxygen atoms in total. The Morgan fingerprint density at radius 1 is 1.25 bits per heavy atom. The van der Waals surface area contributed by atoms with Gasteiger partial charge < -0.3 is 9.84 Å². The predicted molar refractivity (Wildman–Crippen MR) is 111 cm³/mol. The van der Waals surface area contributed by atoms with Crippen molar-refractivity contribution in [1.82, 2.24) is 0 Å². The highest BCUT2D eigenvalue weighted by atomic mass is 32.2. The van der Waals surface area contributed by atoms with Crippen molar-refractivity contribution in [3.05, 3.63) is 59.4 Å². The van der Waals surface area contributed by atoms with Crippen molar-refractivity contribution in [3.8, 4) is 5.75 Å². The molecule has 0 bridgehead atoms. The van der Waals surface area contributed by atoms with E-state index in [0.717, 1.165) is 10.1 Å². The average molecular weight is 424 g/mol. The van der Waals surface area contributed by atoms with Crippen molar-refractivity contribution in [3.63, 3.8) is 0 Å². The summed E-state index contributed by atoms with van der Waals surface area (Å²) in [5, 5.41) is 11.7. The van der Waals surface area contributed by atoms with Crippen LogP contribution in [0.25, 0.3) is 10.1 Å². The number of aliphatic hydroxyl groups is 1. The summed E-state index contributed by atoms with van der Waals surface area (Å²) in [6.07, 6.45) is -0.844. The van der Waals surface area contributed by atoms with Crippen molar-refractivity contribution in [2.24, 2.45) is 0 Å². The Balaban J connectivity index is 2.17. The summed E-state index contributed by atoms with van der Waals surface area (Å²) < 4.78 is 46.8. The molecule has 1 atom stereocenters. The number of methoxy groups -OCH3 is 1. The number of aliphatic hydroxyl groups excluding tert-OH is 1. The topological polar surface area (TPSA) is 66.8 Å². The fourth-order valence-corrected chi connectivity index (χ4v) is 5.72. The van der Waals surface area contributed by atoms with E-state index in [9.17, 15) is 17.9 Å². The Hall–Kier alpha value is -2.16. The second kappa shape index (κ2) is 8.06. The minimum Gasteiger partial charge on any atom is -0.494 e. The van der Waals surface area contributed by atoms with Crippen LogP contribution in [0.2, 0.25) is 0 Å². The van der Waals surface area contributed by atoms with Gasteiger partial charge in [-0.1, -0.05) is 24.3 Å². The summed E-state index contributed by atoms with van der Waals surface area (Å²) in [5.74, 6) is -0.556. The van der Waals surface area contributed by atoms with Gasteiger partial charge in [-0.15, -0.1) is 11.3 Å². The Bertz CT molecular complexity index is 1090. The molecule has 0 aliphatic heterocycles. The molecule has 0 aliphatic rings. The van der Waals surface area contributed by atoms with E-state index in [2.05, 4.69) is 0 Å². The molecular formula is C20H22FNO4S2. The molecule has 2 aromatic carbocycles. The number of sulfonamides is 1. The molecule has 28 heavy (non-hydrogen) atoms. The summed E-state index contributed by atoms with van der Waals surface area (Å²) in [6.45, 7) is 3.21. The molecule has 0 saturated heterocycles. The number of hydrogen-bond donors (Lipinski definition) is 1. The molecule has 0 saturated carbocycles. The summed E-state index contributed by atoms with van der Waals surface area (Å²) in [6, 6.07) is 11.8. The third-order valence-electron chi connectivity index (χ3n) is 4.50. The van der Waals surface area contributed by atoms with Gasteiger partial charge in [-0.25, -0.2) is 12.8 Å². The number of halogens is 1. The maximum atomic E-state index is 13.8. The summed E-state index contributed by atoms with van der Waals surface area (Å²) in [7, 11) is -2.29. The molecule has 0 aliphatic carbocycles. The Morgan fingerprint density at radius 2 is 1.96 bits per heavy atom. The average Bonchev–Trinajstić information content (AvgIpc) is 3.06. The first-order valence-electron chi connectivity index (χ1n) is 8.80. The quantitative estimate of drug-likeness (QED) is 0.609. The van der Waals surface area contributed by atoms with Crippen molar-refractivity contribution < 1.29 is 22.7 Å². The third-order valence-corrected chi connectivity index (χ3v) is 7.54. The van der Waals surface area contributed by atoms with E-state index < -0.39 is 21.9 Å². The maximum absolute atomic E-state index is 13.8. The standard InChI is InChI=1S/C20H22FNO4S2/c1-4-28(24,25)22(12-14-9-10-16(21)17(11-14)26-3)20-19(13(2)23)15-7-5-6-8-18(15)27-20/h5-11,13,23H,4,12H2,1-3H3. The largest absolute Gasteiger partial charge is 0.494 e. The Labute approximate surface area is 168 Å². The lowest BCUT2D eigenvalue weighted by molar-refractivity contribution is 0.201. The lowest BCUT2D eigenvalue weighted by Crippen LogP contribution is -2.32. The number of benzene rings is 2. The molecule has 150 valence electrons. The molecule has 1 heterocycles. The highest BCUT2D eigenvalue weighted by Crippen LogP contribution is 2.43. The lowest BCUT2D eigenvalue weighted by atomic mass is 10.1. The summed E-state index contributed by atoms with van der Waals surface area (Å²) >= 11 is 1.32. The van der Waals surface area contributed by atoms with Crippen molar-refractivity contribution >= 4 is 36.4 Å². The molecule has 3 rings (SSSR count). The van der Waals surface area contributed by atoms with E-state index in [1.165, 1.54) is 41.0 Å². The van der Waals surface area contributed by atoms with Crippen LogP contribution in [0.3, 0.4) is 0 Å². The van der Waals surface area contributed by atoms with Crippen LogP contribution in [0, 0.1) is 5.82 Å². The molecule has 8 heteroatoms. The monoisotopic (exact) mass is 423 g/mol. The van der Waals surface area contributed by atoms with Crippen molar-refractivity contribution in [1.29, 1.82) is 0 Å². The smallest absolute Gasteiger partial charge is 0.235 e. The first kappa shape index (κ1) is 20.6. The van der Waals surface area contributed by atoms with Gasteiger partial charge in [0.25, 0.3) is 0 Å². The van der Waals surface area contributed by atoms with Crippen LogP contribution in [-0.4, -0.2) is 26.4 Å². The second-order valence-corrected chi connectivity index (χ2v) is 9.58. The van der Waals surface area contributed by atoms with E-state index in [0.29, 0.717) is 16.1 Å². The molecule has 1 N–H and O–H groups in total. The van der Waals surface area contributed by atoms with E-state index in [-0.39, 0.29) is 18.0 Å². The zero-order valence-corrected chi connectivity index (χ0v) is 17.5. The van der Waals surface area contributed by atoms with Gasteiger partial charge in [0.05, 0.1) is 25.5 Å². The van der Waals surface area contributed by atoms with Gasteiger partial charge in [0, 0.05) is 15.6 Å². The second-order valence-electron chi connectivity index (χ2n) is 6.37. The Morgan fingerprint density at radius 3 is 2.61 bits per heavy atom. The molecule has 3 aromatic rings. The van der Waals surface area contributed by atoms with Gasteiger partial charge in [0.2, 0.25) is 10.0 Å². The van der Waals surface area contributed by atoms with E-state index in [1.807, 2.05) is 24.3 Å². The predicted octanol–water partition coefficient (Wildman–Crippen LogP) is 4.46. The number of fused-ring (bicyclic) bond motifs is 1. The third kappa shape index (κ3) is 3.85. The van der Waals surface area contributed by atoms with Gasteiger partial charge in [-0.2, -0.15) is 0 Å². The Kier molecular flexibility index (Phi) is 5.92. The first-order valence-corrected chi connectivity index (χ1v) is 11.2. The number of rotatable bonds is 7. The molecule has 1 unspecified atom stereocenters. The van der Waals surface area contributed by atoms with Crippen LogP contribution in [-0.2, 0) is 16.6 Å². The van der Waals surface area contributed by atoms with Gasteiger partial charge in [-0.3, -0.25) is 4.31 Å². The van der Waals surface area contributed by atoms with Crippen molar-refractivity contribution in [2.45, 2.75) is 26.5 Å². The van der Waals surface area contributed by atoms with E-state index >= 15 is 0 Å². The molecule has 1 aromatic heterocycles. The van der Waals surface area contributed by atoms with E-state index in [1.54, 1.807) is 13.8 Å². The number of ether oxygens (including phenoxy) is 1. The maximum Gasteiger partial charge on any atom is 0.235 e. The molecule has 0 spiro atoms. The summed E-state index contributed by atoms with van der Waals surface area (Å²) in [5.41, 5.74) is 1.16. The van der Waals surface area contributed by atoms with Crippen LogP contribution < -0.4 is 9.04 Å². The highest BCUT2D eigenvalue weighted by molar-refractivity contribution is 7.92. The minimum absolute atomic E-state index is 0.0132. The van der Waals surface area contributed by atoms with E-state index in [4.69, 9.17) is 4.74 Å². The van der Waals surface area contributed by atoms with Crippen LogP contribution in [0.15, 0.2) is 42.5 Å². The number of nitrogens with zero attached hydrogens (tertiary/aromatic N) is 1. The zero-order valence-electron chi connectivity index (χ0n) is 15.8. The number of hydrogen-bond acceptors (Lipinski definition) is 5.